The first-order valence-electron chi connectivity index (χ1n) is 6.62. The van der Waals surface area contributed by atoms with E-state index < -0.39 is 0 Å². The van der Waals surface area contributed by atoms with E-state index in [2.05, 4.69) is 33.2 Å². The Morgan fingerprint density at radius 2 is 2.16 bits per heavy atom. The number of hydrogen-bond acceptors (Lipinski definition) is 6. The molecular weight excluding hydrogens is 260 g/mol. The molecular formula is C13H18N4OS. The summed E-state index contributed by atoms with van der Waals surface area (Å²) in [7, 11) is 1.86. The first-order chi connectivity index (χ1) is 9.31. The van der Waals surface area contributed by atoms with Crippen molar-refractivity contribution in [3.63, 3.8) is 0 Å². The molecule has 19 heavy (non-hydrogen) atoms. The van der Waals surface area contributed by atoms with Crippen LogP contribution in [0, 0.1) is 0 Å². The van der Waals surface area contributed by atoms with Crippen molar-refractivity contribution < 1.29 is 4.74 Å². The second-order valence-electron chi connectivity index (χ2n) is 4.51. The van der Waals surface area contributed by atoms with Crippen LogP contribution in [-0.2, 0) is 11.2 Å². The summed E-state index contributed by atoms with van der Waals surface area (Å²) in [4.78, 5) is 13.9. The fraction of sp³-hybridized carbons (Fsp3) is 0.538. The van der Waals surface area contributed by atoms with Gasteiger partial charge in [0, 0.05) is 25.0 Å². The molecule has 1 fully saturated rings. The molecule has 1 saturated heterocycles. The zero-order chi connectivity index (χ0) is 13.2. The standard InChI is InChI=1S/C13H18N4OS/c1-3-9-8-10-11(17-4-6-18-7-5-17)15-13(14-2)16-12(10)19-9/h8H,3-7H2,1-2H3,(H,14,15,16). The topological polar surface area (TPSA) is 50.3 Å². The lowest BCUT2D eigenvalue weighted by molar-refractivity contribution is 0.122. The third-order valence-corrected chi connectivity index (χ3v) is 4.48. The monoisotopic (exact) mass is 278 g/mol. The van der Waals surface area contributed by atoms with Crippen molar-refractivity contribution in [3.8, 4) is 0 Å². The van der Waals surface area contributed by atoms with Crippen LogP contribution in [0.15, 0.2) is 6.07 Å². The van der Waals surface area contributed by atoms with Crippen molar-refractivity contribution in [1.29, 1.82) is 0 Å². The van der Waals surface area contributed by atoms with E-state index in [-0.39, 0.29) is 0 Å². The lowest BCUT2D eigenvalue weighted by Crippen LogP contribution is -2.37. The molecule has 2 aromatic rings. The molecule has 0 radical (unpaired) electrons. The van der Waals surface area contributed by atoms with Crippen molar-refractivity contribution >= 4 is 33.3 Å². The van der Waals surface area contributed by atoms with Crippen LogP contribution in [0.2, 0.25) is 0 Å². The average Bonchev–Trinajstić information content (AvgIpc) is 2.90. The van der Waals surface area contributed by atoms with Crippen molar-refractivity contribution in [2.45, 2.75) is 13.3 Å². The number of rotatable bonds is 3. The molecule has 0 aliphatic carbocycles. The quantitative estimate of drug-likeness (QED) is 0.932. The van der Waals surface area contributed by atoms with Gasteiger partial charge < -0.3 is 15.0 Å². The van der Waals surface area contributed by atoms with Gasteiger partial charge in [-0.15, -0.1) is 11.3 Å². The minimum absolute atomic E-state index is 0.693. The SMILES string of the molecule is CCc1cc2c(N3CCOCC3)nc(NC)nc2s1. The van der Waals surface area contributed by atoms with Crippen LogP contribution in [-0.4, -0.2) is 43.3 Å². The molecule has 3 heterocycles. The third-order valence-electron chi connectivity index (χ3n) is 3.31. The molecule has 6 heteroatoms. The molecule has 3 rings (SSSR count). The number of nitrogens with one attached hydrogen (secondary N) is 1. The van der Waals surface area contributed by atoms with Crippen LogP contribution < -0.4 is 10.2 Å². The summed E-state index contributed by atoms with van der Waals surface area (Å²) < 4.78 is 5.42. The van der Waals surface area contributed by atoms with Gasteiger partial charge in [-0.25, -0.2) is 4.98 Å². The predicted molar refractivity (Wildman–Crippen MR) is 79.4 cm³/mol. The number of fused-ring (bicyclic) bond motifs is 1. The first-order valence-corrected chi connectivity index (χ1v) is 7.44. The summed E-state index contributed by atoms with van der Waals surface area (Å²) >= 11 is 1.76. The Bertz CT molecular complexity index is 577. The van der Waals surface area contributed by atoms with Crippen LogP contribution in [0.25, 0.3) is 10.2 Å². The zero-order valence-corrected chi connectivity index (χ0v) is 12.1. The number of anilines is 2. The predicted octanol–water partition coefficient (Wildman–Crippen LogP) is 2.13. The maximum absolute atomic E-state index is 5.42. The molecule has 102 valence electrons. The molecule has 1 N–H and O–H groups in total. The van der Waals surface area contributed by atoms with E-state index in [0.717, 1.165) is 43.4 Å². The van der Waals surface area contributed by atoms with E-state index in [1.165, 1.54) is 10.3 Å². The van der Waals surface area contributed by atoms with Gasteiger partial charge in [0.1, 0.15) is 10.6 Å². The number of ether oxygens (including phenoxy) is 1. The minimum atomic E-state index is 0.693. The van der Waals surface area contributed by atoms with E-state index in [1.54, 1.807) is 11.3 Å². The molecule has 0 atom stereocenters. The number of aryl methyl sites for hydroxylation is 1. The number of hydrogen-bond donors (Lipinski definition) is 1. The summed E-state index contributed by atoms with van der Waals surface area (Å²) in [6.45, 7) is 5.50. The third kappa shape index (κ3) is 2.37. The summed E-state index contributed by atoms with van der Waals surface area (Å²) in [5, 5.41) is 4.22. The Labute approximate surface area is 116 Å². The van der Waals surface area contributed by atoms with E-state index >= 15 is 0 Å². The molecule has 0 saturated carbocycles. The zero-order valence-electron chi connectivity index (χ0n) is 11.3. The molecule has 0 unspecified atom stereocenters. The molecule has 1 aliphatic heterocycles. The summed E-state index contributed by atoms with van der Waals surface area (Å²) in [6.07, 6.45) is 1.04. The highest BCUT2D eigenvalue weighted by molar-refractivity contribution is 7.18. The van der Waals surface area contributed by atoms with E-state index in [9.17, 15) is 0 Å². The second-order valence-corrected chi connectivity index (χ2v) is 5.62. The van der Waals surface area contributed by atoms with Gasteiger partial charge in [0.15, 0.2) is 0 Å². The molecule has 5 nitrogen and oxygen atoms in total. The number of thiophene rings is 1. The fourth-order valence-electron chi connectivity index (χ4n) is 2.26. The smallest absolute Gasteiger partial charge is 0.225 e. The maximum Gasteiger partial charge on any atom is 0.225 e. The van der Waals surface area contributed by atoms with Gasteiger partial charge in [0.05, 0.1) is 18.6 Å². The van der Waals surface area contributed by atoms with Crippen molar-refractivity contribution in [2.24, 2.45) is 0 Å². The second kappa shape index (κ2) is 5.30. The highest BCUT2D eigenvalue weighted by atomic mass is 32.1. The molecule has 2 aromatic heterocycles. The fourth-order valence-corrected chi connectivity index (χ4v) is 3.22. The van der Waals surface area contributed by atoms with Crippen LogP contribution in [0.1, 0.15) is 11.8 Å². The molecule has 0 bridgehead atoms. The van der Waals surface area contributed by atoms with Gasteiger partial charge in [-0.1, -0.05) is 6.92 Å². The Balaban J connectivity index is 2.11. The van der Waals surface area contributed by atoms with Gasteiger partial charge in [0.2, 0.25) is 5.95 Å². The maximum atomic E-state index is 5.42. The van der Waals surface area contributed by atoms with Gasteiger partial charge in [0.25, 0.3) is 0 Å². The highest BCUT2D eigenvalue weighted by Crippen LogP contribution is 2.32. The summed E-state index contributed by atoms with van der Waals surface area (Å²) in [5.74, 6) is 1.73. The van der Waals surface area contributed by atoms with Gasteiger partial charge in [-0.2, -0.15) is 4.98 Å². The number of morpholine rings is 1. The van der Waals surface area contributed by atoms with Crippen molar-refractivity contribution in [1.82, 2.24) is 9.97 Å². The normalized spacial score (nSPS) is 16.0. The van der Waals surface area contributed by atoms with Crippen LogP contribution in [0.3, 0.4) is 0 Å². The summed E-state index contributed by atoms with van der Waals surface area (Å²) in [6, 6.07) is 2.23. The Morgan fingerprint density at radius 1 is 1.37 bits per heavy atom. The van der Waals surface area contributed by atoms with E-state index in [4.69, 9.17) is 4.74 Å². The molecule has 0 amide bonds. The van der Waals surface area contributed by atoms with Gasteiger partial charge in [-0.05, 0) is 12.5 Å². The molecule has 0 aromatic carbocycles. The van der Waals surface area contributed by atoms with Crippen molar-refractivity contribution in [3.05, 3.63) is 10.9 Å². The highest BCUT2D eigenvalue weighted by Gasteiger charge is 2.18. The lowest BCUT2D eigenvalue weighted by Gasteiger charge is -2.28. The minimum Gasteiger partial charge on any atom is -0.378 e. The number of aromatic nitrogens is 2. The Hall–Kier alpha value is -1.40. The summed E-state index contributed by atoms with van der Waals surface area (Å²) in [5.41, 5.74) is 0. The Morgan fingerprint density at radius 3 is 2.84 bits per heavy atom. The number of nitrogens with zero attached hydrogens (tertiary/aromatic N) is 3. The van der Waals surface area contributed by atoms with Crippen molar-refractivity contribution in [2.75, 3.05) is 43.6 Å². The largest absolute Gasteiger partial charge is 0.378 e. The van der Waals surface area contributed by atoms with E-state index in [0.29, 0.717) is 5.95 Å². The van der Waals surface area contributed by atoms with Gasteiger partial charge in [-0.3, -0.25) is 0 Å². The van der Waals surface area contributed by atoms with Crippen LogP contribution >= 0.6 is 11.3 Å². The van der Waals surface area contributed by atoms with Gasteiger partial charge >= 0.3 is 0 Å². The average molecular weight is 278 g/mol. The van der Waals surface area contributed by atoms with Crippen LogP contribution in [0.4, 0.5) is 11.8 Å². The first kappa shape index (κ1) is 12.6. The Kier molecular flexibility index (Phi) is 3.52. The van der Waals surface area contributed by atoms with E-state index in [1.807, 2.05) is 7.05 Å². The molecule has 0 spiro atoms. The lowest BCUT2D eigenvalue weighted by atomic mass is 10.3. The molecule has 1 aliphatic rings. The van der Waals surface area contributed by atoms with Crippen LogP contribution in [0.5, 0.6) is 0 Å².